The molecule has 0 unspecified atom stereocenters. The minimum Gasteiger partial charge on any atom is -0.496 e. The van der Waals surface area contributed by atoms with Crippen molar-refractivity contribution in [3.05, 3.63) is 94.5 Å². The molecular weight excluding hydrogens is 346 g/mol. The standard InChI is InChI=1S/C22H22ClNO2/c1-25-22-5-3-2-4-19(22)15-24-14-17-8-12-21(13-9-17)26-16-18-6-10-20(23)11-7-18/h2-13,24H,14-16H2,1H3. The monoisotopic (exact) mass is 367 g/mol. The van der Waals surface area contributed by atoms with Gasteiger partial charge in [-0.15, -0.1) is 0 Å². The zero-order valence-electron chi connectivity index (χ0n) is 14.7. The number of benzene rings is 3. The van der Waals surface area contributed by atoms with Crippen molar-refractivity contribution in [2.75, 3.05) is 7.11 Å². The summed E-state index contributed by atoms with van der Waals surface area (Å²) in [6.45, 7) is 2.08. The zero-order chi connectivity index (χ0) is 18.2. The quantitative estimate of drug-likeness (QED) is 0.592. The van der Waals surface area contributed by atoms with Gasteiger partial charge in [0.1, 0.15) is 18.1 Å². The Morgan fingerprint density at radius 2 is 1.50 bits per heavy atom. The van der Waals surface area contributed by atoms with Crippen molar-refractivity contribution in [2.45, 2.75) is 19.7 Å². The molecule has 0 spiro atoms. The number of para-hydroxylation sites is 1. The lowest BCUT2D eigenvalue weighted by molar-refractivity contribution is 0.306. The Morgan fingerprint density at radius 3 is 2.23 bits per heavy atom. The molecule has 0 aliphatic carbocycles. The molecule has 0 fully saturated rings. The van der Waals surface area contributed by atoms with Crippen LogP contribution in [0, 0.1) is 0 Å². The van der Waals surface area contributed by atoms with Crippen LogP contribution in [-0.2, 0) is 19.7 Å². The summed E-state index contributed by atoms with van der Waals surface area (Å²) in [7, 11) is 1.70. The molecule has 3 aromatic carbocycles. The SMILES string of the molecule is COc1ccccc1CNCc1ccc(OCc2ccc(Cl)cc2)cc1. The second-order valence-electron chi connectivity index (χ2n) is 5.97. The maximum atomic E-state index is 5.89. The predicted octanol–water partition coefficient (Wildman–Crippen LogP) is 5.22. The summed E-state index contributed by atoms with van der Waals surface area (Å²) in [5.74, 6) is 1.76. The number of rotatable bonds is 8. The average molecular weight is 368 g/mol. The molecule has 26 heavy (non-hydrogen) atoms. The Balaban J connectivity index is 1.47. The highest BCUT2D eigenvalue weighted by atomic mass is 35.5. The van der Waals surface area contributed by atoms with Crippen LogP contribution in [0.2, 0.25) is 5.02 Å². The Hall–Kier alpha value is -2.49. The fraction of sp³-hybridized carbons (Fsp3) is 0.182. The first kappa shape index (κ1) is 18.3. The molecule has 0 radical (unpaired) electrons. The summed E-state index contributed by atoms with van der Waals surface area (Å²) in [4.78, 5) is 0. The summed E-state index contributed by atoms with van der Waals surface area (Å²) < 4.78 is 11.2. The maximum Gasteiger partial charge on any atom is 0.123 e. The molecule has 0 heterocycles. The lowest BCUT2D eigenvalue weighted by Crippen LogP contribution is -2.13. The van der Waals surface area contributed by atoms with Gasteiger partial charge in [0.25, 0.3) is 0 Å². The minimum absolute atomic E-state index is 0.530. The third kappa shape index (κ3) is 5.25. The summed E-state index contributed by atoms with van der Waals surface area (Å²) in [5.41, 5.74) is 3.45. The van der Waals surface area contributed by atoms with E-state index in [2.05, 4.69) is 23.5 Å². The molecule has 0 atom stereocenters. The molecular formula is C22H22ClNO2. The lowest BCUT2D eigenvalue weighted by Gasteiger charge is -2.10. The van der Waals surface area contributed by atoms with Gasteiger partial charge in [-0.1, -0.05) is 54.1 Å². The largest absolute Gasteiger partial charge is 0.496 e. The number of halogens is 1. The molecule has 134 valence electrons. The van der Waals surface area contributed by atoms with Crippen LogP contribution in [0.15, 0.2) is 72.8 Å². The van der Waals surface area contributed by atoms with Crippen molar-refractivity contribution in [1.82, 2.24) is 5.32 Å². The van der Waals surface area contributed by atoms with E-state index in [-0.39, 0.29) is 0 Å². The fourth-order valence-electron chi connectivity index (χ4n) is 2.64. The van der Waals surface area contributed by atoms with E-state index in [1.165, 1.54) is 5.56 Å². The summed E-state index contributed by atoms with van der Waals surface area (Å²) in [6, 6.07) is 23.9. The van der Waals surface area contributed by atoms with E-state index in [1.54, 1.807) is 7.11 Å². The minimum atomic E-state index is 0.530. The Kier molecular flexibility index (Phi) is 6.53. The van der Waals surface area contributed by atoms with Gasteiger partial charge in [-0.3, -0.25) is 0 Å². The summed E-state index contributed by atoms with van der Waals surface area (Å²) >= 11 is 5.89. The van der Waals surface area contributed by atoms with Gasteiger partial charge in [0.05, 0.1) is 7.11 Å². The highest BCUT2D eigenvalue weighted by Crippen LogP contribution is 2.18. The van der Waals surface area contributed by atoms with Crippen LogP contribution in [0.1, 0.15) is 16.7 Å². The first-order chi connectivity index (χ1) is 12.7. The molecule has 3 nitrogen and oxygen atoms in total. The summed E-state index contributed by atoms with van der Waals surface area (Å²) in [6.07, 6.45) is 0. The zero-order valence-corrected chi connectivity index (χ0v) is 15.5. The Labute approximate surface area is 159 Å². The first-order valence-electron chi connectivity index (χ1n) is 8.53. The number of hydrogen-bond donors (Lipinski definition) is 1. The third-order valence-electron chi connectivity index (χ3n) is 4.08. The topological polar surface area (TPSA) is 30.5 Å². The molecule has 0 saturated carbocycles. The van der Waals surface area contributed by atoms with Crippen molar-refractivity contribution in [3.8, 4) is 11.5 Å². The van der Waals surface area contributed by atoms with Gasteiger partial charge in [-0.05, 0) is 41.5 Å². The molecule has 3 rings (SSSR count). The molecule has 0 aromatic heterocycles. The summed E-state index contributed by atoms with van der Waals surface area (Å²) in [5, 5.41) is 4.18. The van der Waals surface area contributed by atoms with Crippen molar-refractivity contribution in [2.24, 2.45) is 0 Å². The van der Waals surface area contributed by atoms with E-state index in [4.69, 9.17) is 21.1 Å². The van der Waals surface area contributed by atoms with Crippen molar-refractivity contribution in [3.63, 3.8) is 0 Å². The normalized spacial score (nSPS) is 10.5. The van der Waals surface area contributed by atoms with Gasteiger partial charge in [0, 0.05) is 23.7 Å². The average Bonchev–Trinajstić information content (AvgIpc) is 2.69. The van der Waals surface area contributed by atoms with Crippen LogP contribution in [0.3, 0.4) is 0 Å². The van der Waals surface area contributed by atoms with Crippen molar-refractivity contribution in [1.29, 1.82) is 0 Å². The molecule has 3 aromatic rings. The lowest BCUT2D eigenvalue weighted by atomic mass is 10.2. The molecule has 4 heteroatoms. The first-order valence-corrected chi connectivity index (χ1v) is 8.91. The highest BCUT2D eigenvalue weighted by molar-refractivity contribution is 6.30. The van der Waals surface area contributed by atoms with Crippen LogP contribution in [0.25, 0.3) is 0 Å². The number of nitrogens with one attached hydrogen (secondary N) is 1. The van der Waals surface area contributed by atoms with Crippen LogP contribution in [-0.4, -0.2) is 7.11 Å². The van der Waals surface area contributed by atoms with Gasteiger partial charge in [-0.2, -0.15) is 0 Å². The van der Waals surface area contributed by atoms with E-state index >= 15 is 0 Å². The number of hydrogen-bond acceptors (Lipinski definition) is 3. The third-order valence-corrected chi connectivity index (χ3v) is 4.33. The second-order valence-corrected chi connectivity index (χ2v) is 6.41. The van der Waals surface area contributed by atoms with Gasteiger partial charge in [0.15, 0.2) is 0 Å². The molecule has 0 bridgehead atoms. The van der Waals surface area contributed by atoms with Crippen LogP contribution < -0.4 is 14.8 Å². The molecule has 0 amide bonds. The van der Waals surface area contributed by atoms with Gasteiger partial charge in [-0.25, -0.2) is 0 Å². The predicted molar refractivity (Wildman–Crippen MR) is 106 cm³/mol. The van der Waals surface area contributed by atoms with Gasteiger partial charge < -0.3 is 14.8 Å². The van der Waals surface area contributed by atoms with Crippen LogP contribution in [0.5, 0.6) is 11.5 Å². The second kappa shape index (κ2) is 9.27. The number of methoxy groups -OCH3 is 1. The van der Waals surface area contributed by atoms with E-state index in [0.29, 0.717) is 6.61 Å². The van der Waals surface area contributed by atoms with Crippen molar-refractivity contribution >= 4 is 11.6 Å². The Bertz CT molecular complexity index is 816. The highest BCUT2D eigenvalue weighted by Gasteiger charge is 2.02. The fourth-order valence-corrected chi connectivity index (χ4v) is 2.77. The molecule has 0 aliphatic heterocycles. The van der Waals surface area contributed by atoms with E-state index in [9.17, 15) is 0 Å². The molecule has 0 saturated heterocycles. The van der Waals surface area contributed by atoms with E-state index in [0.717, 1.165) is 40.7 Å². The van der Waals surface area contributed by atoms with Gasteiger partial charge >= 0.3 is 0 Å². The van der Waals surface area contributed by atoms with Crippen molar-refractivity contribution < 1.29 is 9.47 Å². The number of ether oxygens (including phenoxy) is 2. The smallest absolute Gasteiger partial charge is 0.123 e. The molecule has 0 aliphatic rings. The van der Waals surface area contributed by atoms with E-state index in [1.807, 2.05) is 54.6 Å². The Morgan fingerprint density at radius 1 is 0.808 bits per heavy atom. The van der Waals surface area contributed by atoms with Crippen LogP contribution >= 0.6 is 11.6 Å². The van der Waals surface area contributed by atoms with E-state index < -0.39 is 0 Å². The molecule has 1 N–H and O–H groups in total. The maximum absolute atomic E-state index is 5.89. The van der Waals surface area contributed by atoms with Gasteiger partial charge in [0.2, 0.25) is 0 Å². The van der Waals surface area contributed by atoms with Crippen LogP contribution in [0.4, 0.5) is 0 Å².